The number of carbonyl (C=O) groups is 1. The molecular weight excluding hydrogens is 302 g/mol. The predicted octanol–water partition coefficient (Wildman–Crippen LogP) is 4.23. The third-order valence-corrected chi connectivity index (χ3v) is 3.49. The highest BCUT2D eigenvalue weighted by atomic mass is 79.9. The van der Waals surface area contributed by atoms with E-state index in [2.05, 4.69) is 55.8 Å². The summed E-state index contributed by atoms with van der Waals surface area (Å²) in [5.74, 6) is 0.127. The van der Waals surface area contributed by atoms with Gasteiger partial charge in [0.1, 0.15) is 0 Å². The molecule has 0 unspecified atom stereocenters. The van der Waals surface area contributed by atoms with Gasteiger partial charge in [-0.05, 0) is 29.5 Å². The molecule has 3 heteroatoms. The van der Waals surface area contributed by atoms with Crippen molar-refractivity contribution in [3.8, 4) is 0 Å². The van der Waals surface area contributed by atoms with Gasteiger partial charge in [-0.1, -0.05) is 55.8 Å². The first-order valence-corrected chi connectivity index (χ1v) is 7.98. The maximum atomic E-state index is 12.4. The largest absolute Gasteiger partial charge is 0.338 e. The lowest BCUT2D eigenvalue weighted by atomic mass is 9.86. The van der Waals surface area contributed by atoms with Crippen molar-refractivity contribution in [1.82, 2.24) is 4.90 Å². The van der Waals surface area contributed by atoms with Gasteiger partial charge in [-0.25, -0.2) is 0 Å². The first-order chi connectivity index (χ1) is 8.90. The first-order valence-electron chi connectivity index (χ1n) is 6.86. The Kier molecular flexibility index (Phi) is 6.05. The lowest BCUT2D eigenvalue weighted by Crippen LogP contribution is -2.33. The molecular formula is C16H24BrNO. The molecule has 106 valence electrons. The Morgan fingerprint density at radius 2 is 1.74 bits per heavy atom. The molecule has 0 aliphatic heterocycles. The van der Waals surface area contributed by atoms with Crippen molar-refractivity contribution in [1.29, 1.82) is 0 Å². The van der Waals surface area contributed by atoms with E-state index in [1.807, 2.05) is 17.0 Å². The Morgan fingerprint density at radius 1 is 1.16 bits per heavy atom. The summed E-state index contributed by atoms with van der Waals surface area (Å²) in [5.41, 5.74) is 2.16. The zero-order valence-electron chi connectivity index (χ0n) is 12.4. The fourth-order valence-electron chi connectivity index (χ4n) is 1.98. The first kappa shape index (κ1) is 16.2. The topological polar surface area (TPSA) is 20.3 Å². The molecule has 1 rings (SSSR count). The van der Waals surface area contributed by atoms with Gasteiger partial charge in [0, 0.05) is 24.0 Å². The summed E-state index contributed by atoms with van der Waals surface area (Å²) >= 11 is 3.40. The molecule has 0 atom stereocenters. The van der Waals surface area contributed by atoms with Crippen LogP contribution in [0.25, 0.3) is 0 Å². The van der Waals surface area contributed by atoms with Gasteiger partial charge in [-0.2, -0.15) is 0 Å². The molecule has 0 saturated carbocycles. The van der Waals surface area contributed by atoms with E-state index in [1.165, 1.54) is 5.56 Å². The Hall–Kier alpha value is -0.830. The fourth-order valence-corrected chi connectivity index (χ4v) is 2.41. The van der Waals surface area contributed by atoms with Crippen molar-refractivity contribution in [3.63, 3.8) is 0 Å². The summed E-state index contributed by atoms with van der Waals surface area (Å²) < 4.78 is 0. The van der Waals surface area contributed by atoms with E-state index >= 15 is 0 Å². The normalized spacial score (nSPS) is 11.4. The van der Waals surface area contributed by atoms with Crippen LogP contribution in [0.1, 0.15) is 50.0 Å². The average molecular weight is 326 g/mol. The lowest BCUT2D eigenvalue weighted by Gasteiger charge is -2.22. The summed E-state index contributed by atoms with van der Waals surface area (Å²) in [4.78, 5) is 14.3. The number of hydrogen-bond acceptors (Lipinski definition) is 1. The van der Waals surface area contributed by atoms with Crippen LogP contribution in [0.4, 0.5) is 0 Å². The van der Waals surface area contributed by atoms with Crippen LogP contribution in [0.15, 0.2) is 24.3 Å². The van der Waals surface area contributed by atoms with E-state index in [4.69, 9.17) is 0 Å². The van der Waals surface area contributed by atoms with Crippen molar-refractivity contribution in [2.24, 2.45) is 0 Å². The van der Waals surface area contributed by atoms with Gasteiger partial charge < -0.3 is 4.90 Å². The second-order valence-electron chi connectivity index (χ2n) is 5.81. The monoisotopic (exact) mass is 325 g/mol. The van der Waals surface area contributed by atoms with Crippen LogP contribution < -0.4 is 0 Å². The number of rotatable bonds is 5. The van der Waals surface area contributed by atoms with E-state index < -0.39 is 0 Å². The molecule has 1 amide bonds. The molecule has 0 spiro atoms. The van der Waals surface area contributed by atoms with E-state index in [-0.39, 0.29) is 11.3 Å². The number of halogens is 1. The van der Waals surface area contributed by atoms with Crippen LogP contribution in [0.3, 0.4) is 0 Å². The van der Waals surface area contributed by atoms with Crippen molar-refractivity contribution in [2.45, 2.75) is 39.5 Å². The van der Waals surface area contributed by atoms with Crippen LogP contribution in [0, 0.1) is 0 Å². The fraction of sp³-hybridized carbons (Fsp3) is 0.562. The maximum absolute atomic E-state index is 12.4. The van der Waals surface area contributed by atoms with Gasteiger partial charge in [0.15, 0.2) is 0 Å². The zero-order chi connectivity index (χ0) is 14.5. The Morgan fingerprint density at radius 3 is 2.16 bits per heavy atom. The third kappa shape index (κ3) is 4.64. The molecule has 0 aliphatic carbocycles. The summed E-state index contributed by atoms with van der Waals surface area (Å²) in [5, 5.41) is 0.818. The molecule has 0 fully saturated rings. The van der Waals surface area contributed by atoms with E-state index in [1.54, 1.807) is 0 Å². The van der Waals surface area contributed by atoms with Crippen LogP contribution >= 0.6 is 15.9 Å². The molecule has 0 aromatic heterocycles. The Labute approximate surface area is 125 Å². The zero-order valence-corrected chi connectivity index (χ0v) is 14.0. The minimum atomic E-state index is 0.126. The average Bonchev–Trinajstić information content (AvgIpc) is 2.37. The SMILES string of the molecule is CCCN(CCBr)C(=O)c1ccc(C(C)(C)C)cc1. The third-order valence-electron chi connectivity index (χ3n) is 3.13. The van der Waals surface area contributed by atoms with E-state index in [9.17, 15) is 4.79 Å². The molecule has 0 saturated heterocycles. The molecule has 0 radical (unpaired) electrons. The van der Waals surface area contributed by atoms with E-state index in [0.29, 0.717) is 0 Å². The van der Waals surface area contributed by atoms with Crippen LogP contribution in [-0.2, 0) is 5.41 Å². The number of amides is 1. The van der Waals surface area contributed by atoms with Crippen molar-refractivity contribution >= 4 is 21.8 Å². The number of nitrogens with zero attached hydrogens (tertiary/aromatic N) is 1. The van der Waals surface area contributed by atoms with Crippen molar-refractivity contribution < 1.29 is 4.79 Å². The van der Waals surface area contributed by atoms with Crippen LogP contribution in [0.5, 0.6) is 0 Å². The van der Waals surface area contributed by atoms with E-state index in [0.717, 1.165) is 30.4 Å². The van der Waals surface area contributed by atoms with Crippen LogP contribution in [0.2, 0.25) is 0 Å². The molecule has 0 aliphatic rings. The highest BCUT2D eigenvalue weighted by Gasteiger charge is 2.17. The number of carbonyl (C=O) groups excluding carboxylic acids is 1. The molecule has 1 aromatic carbocycles. The van der Waals surface area contributed by atoms with Crippen molar-refractivity contribution in [3.05, 3.63) is 35.4 Å². The summed E-state index contributed by atoms with van der Waals surface area (Å²) in [6, 6.07) is 8.01. The van der Waals surface area contributed by atoms with Gasteiger partial charge in [-0.15, -0.1) is 0 Å². The lowest BCUT2D eigenvalue weighted by molar-refractivity contribution is 0.0766. The quantitative estimate of drug-likeness (QED) is 0.742. The number of benzene rings is 1. The molecule has 19 heavy (non-hydrogen) atoms. The summed E-state index contributed by atoms with van der Waals surface area (Å²) in [6.07, 6.45) is 0.985. The van der Waals surface area contributed by atoms with Gasteiger partial charge in [-0.3, -0.25) is 4.79 Å². The van der Waals surface area contributed by atoms with Gasteiger partial charge >= 0.3 is 0 Å². The standard InChI is InChI=1S/C16H24BrNO/c1-5-11-18(12-10-17)15(19)13-6-8-14(9-7-13)16(2,3)4/h6-9H,5,10-12H2,1-4H3. The Balaban J connectivity index is 2.87. The number of alkyl halides is 1. The maximum Gasteiger partial charge on any atom is 0.253 e. The Bertz CT molecular complexity index is 400. The van der Waals surface area contributed by atoms with Gasteiger partial charge in [0.25, 0.3) is 5.91 Å². The highest BCUT2D eigenvalue weighted by Crippen LogP contribution is 2.22. The second kappa shape index (κ2) is 7.09. The smallest absolute Gasteiger partial charge is 0.253 e. The van der Waals surface area contributed by atoms with Gasteiger partial charge in [0.2, 0.25) is 0 Å². The molecule has 2 nitrogen and oxygen atoms in total. The minimum absolute atomic E-state index is 0.126. The molecule has 1 aromatic rings. The van der Waals surface area contributed by atoms with Crippen LogP contribution in [-0.4, -0.2) is 29.2 Å². The second-order valence-corrected chi connectivity index (χ2v) is 6.60. The highest BCUT2D eigenvalue weighted by molar-refractivity contribution is 9.09. The van der Waals surface area contributed by atoms with Crippen molar-refractivity contribution in [2.75, 3.05) is 18.4 Å². The molecule has 0 N–H and O–H groups in total. The minimum Gasteiger partial charge on any atom is -0.338 e. The summed E-state index contributed by atoms with van der Waals surface area (Å²) in [6.45, 7) is 10.2. The number of hydrogen-bond donors (Lipinski definition) is 0. The molecule has 0 heterocycles. The predicted molar refractivity (Wildman–Crippen MR) is 85.1 cm³/mol. The summed E-state index contributed by atoms with van der Waals surface area (Å²) in [7, 11) is 0. The van der Waals surface area contributed by atoms with Gasteiger partial charge in [0.05, 0.1) is 0 Å². The molecule has 0 bridgehead atoms.